The smallest absolute Gasteiger partial charge is 0.425 e. The number of aromatic nitrogens is 1. The molecule has 1 unspecified atom stereocenters. The maximum atomic E-state index is 12.6. The lowest BCUT2D eigenvalue weighted by Gasteiger charge is -2.28. The van der Waals surface area contributed by atoms with E-state index in [1.54, 1.807) is 47.6 Å². The zero-order valence-corrected chi connectivity index (χ0v) is 17.4. The van der Waals surface area contributed by atoms with Crippen molar-refractivity contribution >= 4 is 24.0 Å². The van der Waals surface area contributed by atoms with Crippen LogP contribution in [-0.2, 0) is 25.4 Å². The van der Waals surface area contributed by atoms with E-state index < -0.39 is 35.4 Å². The monoisotopic (exact) mass is 395 g/mol. The van der Waals surface area contributed by atoms with Gasteiger partial charge in [-0.15, -0.1) is 0 Å². The maximum absolute atomic E-state index is 12.6. The van der Waals surface area contributed by atoms with Crippen molar-refractivity contribution in [2.45, 2.75) is 65.2 Å². The molecule has 9 nitrogen and oxygen atoms in total. The Morgan fingerprint density at radius 3 is 1.89 bits per heavy atom. The number of pyridine rings is 1. The Morgan fingerprint density at radius 2 is 1.54 bits per heavy atom. The van der Waals surface area contributed by atoms with Gasteiger partial charge in [0.05, 0.1) is 7.11 Å². The second-order valence-electron chi connectivity index (χ2n) is 8.15. The number of carbonyl (C=O) groups excluding carboxylic acids is 3. The Bertz CT molecular complexity index is 676. The lowest BCUT2D eigenvalue weighted by molar-refractivity contribution is -0.142. The summed E-state index contributed by atoms with van der Waals surface area (Å²) in [5, 5.41) is 0. The number of hydrogen-bond donors (Lipinski definition) is 1. The average Bonchev–Trinajstić information content (AvgIpc) is 2.52. The Labute approximate surface area is 165 Å². The highest BCUT2D eigenvalue weighted by atomic mass is 16.6. The zero-order valence-electron chi connectivity index (χ0n) is 17.4. The summed E-state index contributed by atoms with van der Waals surface area (Å²) in [7, 11) is 1.25. The first-order valence-corrected chi connectivity index (χ1v) is 8.78. The number of carbonyl (C=O) groups is 3. The molecule has 0 bridgehead atoms. The molecule has 2 amide bonds. The fraction of sp³-hybridized carbons (Fsp3) is 0.579. The van der Waals surface area contributed by atoms with Gasteiger partial charge < -0.3 is 19.9 Å². The van der Waals surface area contributed by atoms with Crippen LogP contribution in [0.25, 0.3) is 0 Å². The SMILES string of the molecule is COC(=O)C(N)Cc1ccc(N(C(=O)OC(C)(C)C)C(=O)OC(C)(C)C)nc1. The predicted octanol–water partition coefficient (Wildman–Crippen LogP) is 2.80. The average molecular weight is 395 g/mol. The molecule has 0 aromatic carbocycles. The Hall–Kier alpha value is -2.68. The summed E-state index contributed by atoms with van der Waals surface area (Å²) in [5.74, 6) is -0.521. The standard InChI is InChI=1S/C19H29N3O6/c1-18(2,3)27-16(24)22(17(25)28-19(4,5)6)14-9-8-12(11-21-14)10-13(20)15(23)26-7/h8-9,11,13H,10,20H2,1-7H3. The number of imide groups is 1. The van der Waals surface area contributed by atoms with Crippen LogP contribution in [0.3, 0.4) is 0 Å². The largest absolute Gasteiger partial charge is 0.468 e. The number of methoxy groups -OCH3 is 1. The Kier molecular flexibility index (Phi) is 7.51. The number of hydrogen-bond acceptors (Lipinski definition) is 8. The maximum Gasteiger partial charge on any atom is 0.425 e. The molecule has 9 heteroatoms. The third kappa shape index (κ3) is 7.51. The highest BCUT2D eigenvalue weighted by Gasteiger charge is 2.33. The molecule has 1 rings (SSSR count). The van der Waals surface area contributed by atoms with Crippen LogP contribution in [0, 0.1) is 0 Å². The molecule has 1 atom stereocenters. The van der Waals surface area contributed by atoms with Crippen molar-refractivity contribution in [1.29, 1.82) is 0 Å². The summed E-state index contributed by atoms with van der Waals surface area (Å²) >= 11 is 0. The van der Waals surface area contributed by atoms with Crippen LogP contribution >= 0.6 is 0 Å². The number of anilines is 1. The summed E-state index contributed by atoms with van der Waals surface area (Å²) in [6.07, 6.45) is -0.208. The topological polar surface area (TPSA) is 121 Å². The van der Waals surface area contributed by atoms with E-state index in [0.29, 0.717) is 5.56 Å². The molecular weight excluding hydrogens is 366 g/mol. The molecule has 0 spiro atoms. The zero-order chi connectivity index (χ0) is 21.7. The van der Waals surface area contributed by atoms with Crippen LogP contribution < -0.4 is 10.6 Å². The molecular formula is C19H29N3O6. The van der Waals surface area contributed by atoms with E-state index in [0.717, 1.165) is 4.90 Å². The van der Waals surface area contributed by atoms with Gasteiger partial charge in [-0.1, -0.05) is 6.07 Å². The van der Waals surface area contributed by atoms with Crippen molar-refractivity contribution in [2.75, 3.05) is 12.0 Å². The van der Waals surface area contributed by atoms with Crippen molar-refractivity contribution in [3.63, 3.8) is 0 Å². The fourth-order valence-corrected chi connectivity index (χ4v) is 2.04. The number of amides is 2. The van der Waals surface area contributed by atoms with E-state index in [1.807, 2.05) is 0 Å². The number of nitrogens with two attached hydrogens (primary N) is 1. The van der Waals surface area contributed by atoms with E-state index >= 15 is 0 Å². The van der Waals surface area contributed by atoms with Gasteiger partial charge in [0.1, 0.15) is 23.1 Å². The molecule has 28 heavy (non-hydrogen) atoms. The summed E-state index contributed by atoms with van der Waals surface area (Å²) in [6, 6.07) is 2.21. The Morgan fingerprint density at radius 1 is 1.04 bits per heavy atom. The molecule has 1 heterocycles. The minimum atomic E-state index is -0.909. The molecule has 0 fully saturated rings. The van der Waals surface area contributed by atoms with Crippen LogP contribution in [0.1, 0.15) is 47.1 Å². The lowest BCUT2D eigenvalue weighted by atomic mass is 10.1. The summed E-state index contributed by atoms with van der Waals surface area (Å²) in [6.45, 7) is 10.1. The predicted molar refractivity (Wildman–Crippen MR) is 103 cm³/mol. The van der Waals surface area contributed by atoms with Crippen LogP contribution in [0.2, 0.25) is 0 Å². The van der Waals surface area contributed by atoms with E-state index in [4.69, 9.17) is 15.2 Å². The van der Waals surface area contributed by atoms with Gasteiger partial charge in [0, 0.05) is 6.20 Å². The van der Waals surface area contributed by atoms with Crippen LogP contribution in [0.5, 0.6) is 0 Å². The van der Waals surface area contributed by atoms with Gasteiger partial charge in [0.15, 0.2) is 0 Å². The van der Waals surface area contributed by atoms with Gasteiger partial charge in [-0.2, -0.15) is 4.90 Å². The Balaban J connectivity index is 3.11. The van der Waals surface area contributed by atoms with Crippen molar-refractivity contribution in [3.05, 3.63) is 23.9 Å². The number of nitrogens with zero attached hydrogens (tertiary/aromatic N) is 2. The molecule has 0 saturated heterocycles. The van der Waals surface area contributed by atoms with Gasteiger partial charge in [-0.3, -0.25) is 4.79 Å². The molecule has 0 aliphatic rings. The van der Waals surface area contributed by atoms with Crippen LogP contribution in [0.15, 0.2) is 18.3 Å². The van der Waals surface area contributed by atoms with Crippen molar-refractivity contribution in [3.8, 4) is 0 Å². The molecule has 0 aliphatic heterocycles. The van der Waals surface area contributed by atoms with E-state index in [9.17, 15) is 14.4 Å². The first-order valence-electron chi connectivity index (χ1n) is 8.78. The molecule has 0 radical (unpaired) electrons. The second kappa shape index (κ2) is 9.01. The van der Waals surface area contributed by atoms with Gasteiger partial charge in [-0.25, -0.2) is 14.6 Å². The van der Waals surface area contributed by atoms with E-state index in [1.165, 1.54) is 19.4 Å². The van der Waals surface area contributed by atoms with Gasteiger partial charge in [0.2, 0.25) is 0 Å². The van der Waals surface area contributed by atoms with Gasteiger partial charge in [0.25, 0.3) is 0 Å². The van der Waals surface area contributed by atoms with E-state index in [-0.39, 0.29) is 12.2 Å². The summed E-state index contributed by atoms with van der Waals surface area (Å²) < 4.78 is 15.2. The van der Waals surface area contributed by atoms with Crippen molar-refractivity contribution < 1.29 is 28.6 Å². The highest BCUT2D eigenvalue weighted by Crippen LogP contribution is 2.20. The minimum Gasteiger partial charge on any atom is -0.468 e. The van der Waals surface area contributed by atoms with Crippen molar-refractivity contribution in [2.24, 2.45) is 5.73 Å². The minimum absolute atomic E-state index is 0.0267. The third-order valence-electron chi connectivity index (χ3n) is 3.15. The first kappa shape index (κ1) is 23.4. The molecule has 1 aromatic rings. The first-order chi connectivity index (χ1) is 12.7. The number of ether oxygens (including phenoxy) is 3. The normalized spacial score (nSPS) is 12.7. The third-order valence-corrected chi connectivity index (χ3v) is 3.15. The summed E-state index contributed by atoms with van der Waals surface area (Å²) in [5.41, 5.74) is 4.74. The molecule has 2 N–H and O–H groups in total. The van der Waals surface area contributed by atoms with Gasteiger partial charge in [-0.05, 0) is 59.6 Å². The highest BCUT2D eigenvalue weighted by molar-refractivity contribution is 6.08. The fourth-order valence-electron chi connectivity index (χ4n) is 2.04. The van der Waals surface area contributed by atoms with Crippen LogP contribution in [-0.4, -0.2) is 47.5 Å². The molecule has 0 saturated carbocycles. The van der Waals surface area contributed by atoms with Crippen LogP contribution in [0.4, 0.5) is 15.4 Å². The number of rotatable bonds is 4. The number of esters is 1. The van der Waals surface area contributed by atoms with Crippen molar-refractivity contribution in [1.82, 2.24) is 4.98 Å². The van der Waals surface area contributed by atoms with E-state index in [2.05, 4.69) is 9.72 Å². The molecule has 1 aromatic heterocycles. The quantitative estimate of drug-likeness (QED) is 0.610. The lowest BCUT2D eigenvalue weighted by Crippen LogP contribution is -2.44. The molecule has 0 aliphatic carbocycles. The molecule has 156 valence electrons. The second-order valence-corrected chi connectivity index (χ2v) is 8.15. The summed E-state index contributed by atoms with van der Waals surface area (Å²) in [4.78, 5) is 41.4. The van der Waals surface area contributed by atoms with Gasteiger partial charge >= 0.3 is 18.2 Å².